The Balaban J connectivity index is 1.92. The third kappa shape index (κ3) is 4.66. The number of carbonyl (C=O) groups excluding carboxylic acids is 2. The van der Waals surface area contributed by atoms with E-state index < -0.39 is 0 Å². The number of imide groups is 1. The van der Waals surface area contributed by atoms with Crippen molar-refractivity contribution >= 4 is 23.1 Å². The summed E-state index contributed by atoms with van der Waals surface area (Å²) in [5.74, 6) is 0.0666. The zero-order valence-electron chi connectivity index (χ0n) is 17.0. The van der Waals surface area contributed by atoms with Gasteiger partial charge >= 0.3 is 0 Å². The summed E-state index contributed by atoms with van der Waals surface area (Å²) in [6.45, 7) is 5.34. The van der Waals surface area contributed by atoms with E-state index in [1.54, 1.807) is 31.4 Å². The molecule has 3 rings (SSSR count). The van der Waals surface area contributed by atoms with Crippen LogP contribution >= 0.6 is 0 Å². The van der Waals surface area contributed by atoms with E-state index in [9.17, 15) is 9.59 Å². The first-order chi connectivity index (χ1) is 14.0. The van der Waals surface area contributed by atoms with Crippen LogP contribution in [0.2, 0.25) is 0 Å². The molecule has 6 heteroatoms. The normalized spacial score (nSPS) is 14.0. The van der Waals surface area contributed by atoms with Crippen molar-refractivity contribution in [3.8, 4) is 5.75 Å². The number of anilines is 1. The van der Waals surface area contributed by atoms with Gasteiger partial charge in [-0.3, -0.25) is 14.5 Å². The van der Waals surface area contributed by atoms with Crippen molar-refractivity contribution in [2.45, 2.75) is 20.3 Å². The fourth-order valence-corrected chi connectivity index (χ4v) is 3.17. The second-order valence-corrected chi connectivity index (χ2v) is 6.78. The van der Waals surface area contributed by atoms with Gasteiger partial charge in [-0.05, 0) is 50.1 Å². The second kappa shape index (κ2) is 9.39. The predicted octanol–water partition coefficient (Wildman–Crippen LogP) is 3.62. The largest absolute Gasteiger partial charge is 0.497 e. The predicted molar refractivity (Wildman–Crippen MR) is 113 cm³/mol. The molecule has 1 aliphatic heterocycles. The highest BCUT2D eigenvalue weighted by Gasteiger charge is 2.38. The van der Waals surface area contributed by atoms with E-state index in [1.165, 1.54) is 4.90 Å². The zero-order chi connectivity index (χ0) is 20.8. The van der Waals surface area contributed by atoms with Gasteiger partial charge in [0.2, 0.25) is 0 Å². The highest BCUT2D eigenvalue weighted by Crippen LogP contribution is 2.31. The molecule has 1 heterocycles. The number of aryl methyl sites for hydroxylation is 1. The number of nitrogens with one attached hydrogen (secondary N) is 1. The molecule has 152 valence electrons. The minimum Gasteiger partial charge on any atom is -0.497 e. The molecule has 0 radical (unpaired) electrons. The summed E-state index contributed by atoms with van der Waals surface area (Å²) in [6, 6.07) is 14.8. The number of amides is 2. The smallest absolute Gasteiger partial charge is 0.278 e. The van der Waals surface area contributed by atoms with Crippen molar-refractivity contribution in [1.29, 1.82) is 0 Å². The van der Waals surface area contributed by atoms with Crippen molar-refractivity contribution in [1.82, 2.24) is 4.90 Å². The van der Waals surface area contributed by atoms with Crippen LogP contribution in [0.3, 0.4) is 0 Å². The van der Waals surface area contributed by atoms with Crippen LogP contribution in [0, 0.1) is 6.92 Å². The number of hydrogen-bond acceptors (Lipinski definition) is 5. The van der Waals surface area contributed by atoms with Crippen LogP contribution in [-0.4, -0.2) is 43.6 Å². The molecular formula is C23H26N2O4. The van der Waals surface area contributed by atoms with E-state index in [1.807, 2.05) is 38.1 Å². The van der Waals surface area contributed by atoms with Crippen LogP contribution in [0.25, 0.3) is 5.57 Å². The summed E-state index contributed by atoms with van der Waals surface area (Å²) >= 11 is 0. The van der Waals surface area contributed by atoms with Gasteiger partial charge in [0.15, 0.2) is 0 Å². The first kappa shape index (κ1) is 20.6. The molecule has 1 aliphatic rings. The maximum Gasteiger partial charge on any atom is 0.278 e. The van der Waals surface area contributed by atoms with Gasteiger partial charge in [0, 0.05) is 25.4 Å². The minimum atomic E-state index is -0.321. The monoisotopic (exact) mass is 394 g/mol. The Morgan fingerprint density at radius 2 is 1.66 bits per heavy atom. The highest BCUT2D eigenvalue weighted by molar-refractivity contribution is 6.36. The molecular weight excluding hydrogens is 368 g/mol. The minimum absolute atomic E-state index is 0.292. The summed E-state index contributed by atoms with van der Waals surface area (Å²) in [6.07, 6.45) is 0.596. The molecule has 0 atom stereocenters. The third-order valence-electron chi connectivity index (χ3n) is 4.74. The first-order valence-electron chi connectivity index (χ1n) is 9.71. The Kier molecular flexibility index (Phi) is 6.67. The third-order valence-corrected chi connectivity index (χ3v) is 4.74. The zero-order valence-corrected chi connectivity index (χ0v) is 17.0. The van der Waals surface area contributed by atoms with Crippen LogP contribution in [-0.2, 0) is 14.3 Å². The maximum atomic E-state index is 13.1. The molecule has 0 saturated carbocycles. The van der Waals surface area contributed by atoms with E-state index in [0.29, 0.717) is 48.8 Å². The molecule has 0 saturated heterocycles. The molecule has 2 aromatic rings. The topological polar surface area (TPSA) is 67.9 Å². The number of nitrogens with zero attached hydrogens (tertiary/aromatic N) is 1. The van der Waals surface area contributed by atoms with E-state index in [2.05, 4.69) is 5.32 Å². The van der Waals surface area contributed by atoms with E-state index >= 15 is 0 Å². The highest BCUT2D eigenvalue weighted by atomic mass is 16.5. The molecule has 0 aliphatic carbocycles. The van der Waals surface area contributed by atoms with E-state index in [-0.39, 0.29) is 11.8 Å². The Hall–Kier alpha value is -3.12. The summed E-state index contributed by atoms with van der Waals surface area (Å²) in [4.78, 5) is 27.5. The molecule has 0 unspecified atom stereocenters. The van der Waals surface area contributed by atoms with Gasteiger partial charge in [0.25, 0.3) is 11.8 Å². The van der Waals surface area contributed by atoms with Gasteiger partial charge < -0.3 is 14.8 Å². The number of hydrogen-bond donors (Lipinski definition) is 1. The molecule has 0 fully saturated rings. The number of carbonyl (C=O) groups is 2. The Labute approximate surface area is 171 Å². The van der Waals surface area contributed by atoms with Crippen molar-refractivity contribution < 1.29 is 19.1 Å². The lowest BCUT2D eigenvalue weighted by atomic mass is 10.0. The first-order valence-corrected chi connectivity index (χ1v) is 9.71. The van der Waals surface area contributed by atoms with Gasteiger partial charge in [-0.25, -0.2) is 0 Å². The van der Waals surface area contributed by atoms with Crippen LogP contribution in [0.15, 0.2) is 54.2 Å². The average Bonchev–Trinajstić information content (AvgIpc) is 2.97. The molecule has 2 aromatic carbocycles. The standard InChI is InChI=1S/C23H26N2O4/c1-4-29-15-5-14-25-22(26)20(17-8-12-19(28-3)13-9-17)21(23(25)27)24-18-10-6-16(2)7-11-18/h6-13,24H,4-5,14-15H2,1-3H3. The van der Waals surface area contributed by atoms with Crippen molar-refractivity contribution in [2.75, 3.05) is 32.2 Å². The molecule has 0 aromatic heterocycles. The lowest BCUT2D eigenvalue weighted by Gasteiger charge is -2.15. The van der Waals surface area contributed by atoms with Crippen molar-refractivity contribution in [3.05, 3.63) is 65.4 Å². The number of methoxy groups -OCH3 is 1. The van der Waals surface area contributed by atoms with Crippen molar-refractivity contribution in [2.24, 2.45) is 0 Å². The molecule has 0 spiro atoms. The molecule has 1 N–H and O–H groups in total. The fraction of sp³-hybridized carbons (Fsp3) is 0.304. The lowest BCUT2D eigenvalue weighted by molar-refractivity contribution is -0.137. The van der Waals surface area contributed by atoms with Gasteiger partial charge in [-0.2, -0.15) is 0 Å². The Bertz CT molecular complexity index is 901. The Morgan fingerprint density at radius 3 is 2.28 bits per heavy atom. The van der Waals surface area contributed by atoms with Crippen LogP contribution in [0.5, 0.6) is 5.75 Å². The second-order valence-electron chi connectivity index (χ2n) is 6.78. The van der Waals surface area contributed by atoms with E-state index in [4.69, 9.17) is 9.47 Å². The summed E-state index contributed by atoms with van der Waals surface area (Å²) in [5, 5.41) is 3.16. The van der Waals surface area contributed by atoms with Crippen LogP contribution in [0.1, 0.15) is 24.5 Å². The van der Waals surface area contributed by atoms with Crippen molar-refractivity contribution in [3.63, 3.8) is 0 Å². The van der Waals surface area contributed by atoms with Gasteiger partial charge in [0.1, 0.15) is 11.4 Å². The SMILES string of the molecule is CCOCCCN1C(=O)C(Nc2ccc(C)cc2)=C(c2ccc(OC)cc2)C1=O. The Morgan fingerprint density at radius 1 is 0.966 bits per heavy atom. The fourth-order valence-electron chi connectivity index (χ4n) is 3.17. The summed E-state index contributed by atoms with van der Waals surface area (Å²) < 4.78 is 10.5. The van der Waals surface area contributed by atoms with Gasteiger partial charge in [0.05, 0.1) is 12.7 Å². The molecule has 6 nitrogen and oxygen atoms in total. The molecule has 2 amide bonds. The maximum absolute atomic E-state index is 13.1. The quantitative estimate of drug-likeness (QED) is 0.520. The lowest BCUT2D eigenvalue weighted by Crippen LogP contribution is -2.34. The number of ether oxygens (including phenoxy) is 2. The van der Waals surface area contributed by atoms with Gasteiger partial charge in [-0.15, -0.1) is 0 Å². The van der Waals surface area contributed by atoms with Crippen LogP contribution < -0.4 is 10.1 Å². The number of benzene rings is 2. The van der Waals surface area contributed by atoms with E-state index in [0.717, 1.165) is 11.3 Å². The molecule has 29 heavy (non-hydrogen) atoms. The molecule has 0 bridgehead atoms. The van der Waals surface area contributed by atoms with Crippen LogP contribution in [0.4, 0.5) is 5.69 Å². The van der Waals surface area contributed by atoms with Gasteiger partial charge in [-0.1, -0.05) is 29.8 Å². The average molecular weight is 394 g/mol. The summed E-state index contributed by atoms with van der Waals surface area (Å²) in [5.41, 5.74) is 3.21. The summed E-state index contributed by atoms with van der Waals surface area (Å²) in [7, 11) is 1.59. The number of rotatable bonds is 9.